The molecule has 1 aliphatic heterocycles. The van der Waals surface area contributed by atoms with Crippen LogP contribution in [0.3, 0.4) is 0 Å². The molecule has 1 aromatic carbocycles. The summed E-state index contributed by atoms with van der Waals surface area (Å²) in [5.74, 6) is 1.86. The summed E-state index contributed by atoms with van der Waals surface area (Å²) in [6.45, 7) is 0. The van der Waals surface area contributed by atoms with Crippen LogP contribution in [0.5, 0.6) is 0 Å². The number of pyridine rings is 1. The van der Waals surface area contributed by atoms with Crippen LogP contribution in [0.25, 0.3) is 11.2 Å². The number of nitrogens with zero attached hydrogens (tertiary/aromatic N) is 2. The Hall–Kier alpha value is -2.01. The fourth-order valence-electron chi connectivity index (χ4n) is 2.54. The number of hydrogen-bond donors (Lipinski definition) is 2. The number of H-pyrrole nitrogens is 1. The summed E-state index contributed by atoms with van der Waals surface area (Å²) in [6.07, 6.45) is 1.03. The molecule has 0 aliphatic carbocycles. The molecular formula is C15H14N4S. The van der Waals surface area contributed by atoms with E-state index in [2.05, 4.69) is 44.5 Å². The van der Waals surface area contributed by atoms with E-state index in [4.69, 9.17) is 0 Å². The molecule has 0 amide bonds. The molecule has 3 heterocycles. The van der Waals surface area contributed by atoms with Gasteiger partial charge in [-0.2, -0.15) is 0 Å². The second-order valence-corrected chi connectivity index (χ2v) is 6.10. The maximum Gasteiger partial charge on any atom is 0.179 e. The second kappa shape index (κ2) is 4.52. The van der Waals surface area contributed by atoms with Gasteiger partial charge < -0.3 is 10.3 Å². The third kappa shape index (κ3) is 1.86. The topological polar surface area (TPSA) is 53.6 Å². The highest BCUT2D eigenvalue weighted by atomic mass is 32.2. The van der Waals surface area contributed by atoms with Crippen LogP contribution in [0.15, 0.2) is 41.3 Å². The number of aromatic amines is 1. The van der Waals surface area contributed by atoms with Crippen molar-refractivity contribution < 1.29 is 0 Å². The van der Waals surface area contributed by atoms with E-state index in [-0.39, 0.29) is 0 Å². The fraction of sp³-hybridized carbons (Fsp3) is 0.200. The van der Waals surface area contributed by atoms with Crippen LogP contribution < -0.4 is 5.32 Å². The molecule has 4 nitrogen and oxygen atoms in total. The highest BCUT2D eigenvalue weighted by Gasteiger charge is 2.26. The molecule has 0 radical (unpaired) electrons. The highest BCUT2D eigenvalue weighted by Crippen LogP contribution is 2.45. The Morgan fingerprint density at radius 3 is 2.95 bits per heavy atom. The minimum Gasteiger partial charge on any atom is -0.373 e. The molecule has 5 heteroatoms. The van der Waals surface area contributed by atoms with E-state index in [1.54, 1.807) is 0 Å². The van der Waals surface area contributed by atoms with Crippen molar-refractivity contribution in [3.05, 3.63) is 47.8 Å². The van der Waals surface area contributed by atoms with Gasteiger partial charge in [0.1, 0.15) is 11.6 Å². The van der Waals surface area contributed by atoms with Crippen molar-refractivity contribution in [1.82, 2.24) is 15.0 Å². The number of anilines is 1. The maximum absolute atomic E-state index is 4.66. The number of rotatable bonds is 2. The van der Waals surface area contributed by atoms with Crippen molar-refractivity contribution in [2.24, 2.45) is 0 Å². The van der Waals surface area contributed by atoms with Gasteiger partial charge in [0.2, 0.25) is 0 Å². The molecule has 20 heavy (non-hydrogen) atoms. The largest absolute Gasteiger partial charge is 0.373 e. The molecule has 4 rings (SSSR count). The lowest BCUT2D eigenvalue weighted by molar-refractivity contribution is 0.880. The predicted molar refractivity (Wildman–Crippen MR) is 82.2 cm³/mol. The minimum atomic E-state index is 0.361. The Bertz CT molecular complexity index is 755. The van der Waals surface area contributed by atoms with Crippen LogP contribution in [-0.2, 0) is 6.42 Å². The zero-order valence-electron chi connectivity index (χ0n) is 11.1. The smallest absolute Gasteiger partial charge is 0.179 e. The van der Waals surface area contributed by atoms with Crippen LogP contribution in [0, 0.1) is 0 Å². The summed E-state index contributed by atoms with van der Waals surface area (Å²) >= 11 is 1.88. The molecule has 0 fully saturated rings. The monoisotopic (exact) mass is 282 g/mol. The molecule has 0 saturated heterocycles. The maximum atomic E-state index is 4.66. The fourth-order valence-corrected chi connectivity index (χ4v) is 3.79. The molecule has 0 bridgehead atoms. The molecule has 100 valence electrons. The van der Waals surface area contributed by atoms with Crippen molar-refractivity contribution in [1.29, 1.82) is 0 Å². The number of aromatic nitrogens is 3. The van der Waals surface area contributed by atoms with Crippen LogP contribution in [0.2, 0.25) is 0 Å². The number of hydrogen-bond acceptors (Lipinski definition) is 4. The van der Waals surface area contributed by atoms with E-state index in [1.165, 1.54) is 10.5 Å². The molecular weight excluding hydrogens is 268 g/mol. The highest BCUT2D eigenvalue weighted by molar-refractivity contribution is 7.99. The van der Waals surface area contributed by atoms with E-state index >= 15 is 0 Å². The number of imidazole rings is 1. The van der Waals surface area contributed by atoms with Gasteiger partial charge in [0.15, 0.2) is 5.65 Å². The van der Waals surface area contributed by atoms with Crippen molar-refractivity contribution in [2.75, 3.05) is 12.4 Å². The quantitative estimate of drug-likeness (QED) is 0.756. The lowest BCUT2D eigenvalue weighted by Crippen LogP contribution is -1.94. The van der Waals surface area contributed by atoms with Gasteiger partial charge in [0.05, 0.1) is 10.8 Å². The first-order chi connectivity index (χ1) is 9.83. The van der Waals surface area contributed by atoms with Crippen LogP contribution in [0.1, 0.15) is 16.6 Å². The molecule has 1 aliphatic rings. The average molecular weight is 282 g/mol. The summed E-state index contributed by atoms with van der Waals surface area (Å²) in [5.41, 5.74) is 3.19. The van der Waals surface area contributed by atoms with Crippen LogP contribution >= 0.6 is 11.8 Å². The standard InChI is InChI=1S/C15H14N4S/c1-16-13-7-6-10-14(18-13)19-15(17-10)12-8-9-4-2-3-5-11(9)20-12/h2-7,12H,8H2,1H3,(H2,16,17,18,19). The number of thioether (sulfide) groups is 1. The van der Waals surface area contributed by atoms with Gasteiger partial charge in [0.25, 0.3) is 0 Å². The Morgan fingerprint density at radius 1 is 1.20 bits per heavy atom. The molecule has 0 spiro atoms. The van der Waals surface area contributed by atoms with Gasteiger partial charge in [-0.25, -0.2) is 9.97 Å². The number of nitrogens with one attached hydrogen (secondary N) is 2. The summed E-state index contributed by atoms with van der Waals surface area (Å²) in [6, 6.07) is 12.6. The van der Waals surface area contributed by atoms with E-state index in [0.29, 0.717) is 5.25 Å². The van der Waals surface area contributed by atoms with Crippen LogP contribution in [-0.4, -0.2) is 22.0 Å². The van der Waals surface area contributed by atoms with Gasteiger partial charge in [0, 0.05) is 11.9 Å². The second-order valence-electron chi connectivity index (χ2n) is 4.86. The Balaban J connectivity index is 1.70. The first kappa shape index (κ1) is 11.8. The summed E-state index contributed by atoms with van der Waals surface area (Å²) in [7, 11) is 1.87. The SMILES string of the molecule is CNc1ccc2[nH]c(C3Cc4ccccc4S3)nc2n1. The van der Waals surface area contributed by atoms with Crippen molar-refractivity contribution in [2.45, 2.75) is 16.6 Å². The van der Waals surface area contributed by atoms with Gasteiger partial charge >= 0.3 is 0 Å². The molecule has 0 saturated carbocycles. The first-order valence-corrected chi connectivity index (χ1v) is 7.50. The number of benzene rings is 1. The lowest BCUT2D eigenvalue weighted by Gasteiger charge is -2.02. The van der Waals surface area contributed by atoms with Gasteiger partial charge in [-0.3, -0.25) is 0 Å². The van der Waals surface area contributed by atoms with Gasteiger partial charge in [-0.1, -0.05) is 18.2 Å². The molecule has 1 atom stereocenters. The Morgan fingerprint density at radius 2 is 2.10 bits per heavy atom. The zero-order chi connectivity index (χ0) is 13.5. The Kier molecular flexibility index (Phi) is 2.67. The van der Waals surface area contributed by atoms with Crippen molar-refractivity contribution >= 4 is 28.7 Å². The van der Waals surface area contributed by atoms with Crippen molar-refractivity contribution in [3.63, 3.8) is 0 Å². The molecule has 2 N–H and O–H groups in total. The van der Waals surface area contributed by atoms with Crippen LogP contribution in [0.4, 0.5) is 5.82 Å². The average Bonchev–Trinajstić information content (AvgIpc) is 3.09. The molecule has 3 aromatic rings. The van der Waals surface area contributed by atoms with Crippen molar-refractivity contribution in [3.8, 4) is 0 Å². The van der Waals surface area contributed by atoms with E-state index in [0.717, 1.165) is 29.2 Å². The molecule has 2 aromatic heterocycles. The Labute approximate surface area is 121 Å². The zero-order valence-corrected chi connectivity index (χ0v) is 11.9. The van der Waals surface area contributed by atoms with E-state index < -0.39 is 0 Å². The van der Waals surface area contributed by atoms with Gasteiger partial charge in [-0.15, -0.1) is 11.8 Å². The lowest BCUT2D eigenvalue weighted by atomic mass is 10.1. The third-order valence-corrected chi connectivity index (χ3v) is 4.90. The van der Waals surface area contributed by atoms with Gasteiger partial charge in [-0.05, 0) is 30.2 Å². The predicted octanol–water partition coefficient (Wildman–Crippen LogP) is 3.39. The summed E-state index contributed by atoms with van der Waals surface area (Å²) < 4.78 is 0. The summed E-state index contributed by atoms with van der Waals surface area (Å²) in [5, 5.41) is 3.40. The van der Waals surface area contributed by atoms with E-state index in [9.17, 15) is 0 Å². The number of fused-ring (bicyclic) bond motifs is 2. The normalized spacial score (nSPS) is 17.4. The molecule has 1 unspecified atom stereocenters. The van der Waals surface area contributed by atoms with E-state index in [1.807, 2.05) is 30.9 Å². The summed E-state index contributed by atoms with van der Waals surface area (Å²) in [4.78, 5) is 13.9. The minimum absolute atomic E-state index is 0.361. The first-order valence-electron chi connectivity index (χ1n) is 6.62. The third-order valence-electron chi connectivity index (χ3n) is 3.57.